The molecule has 1 aromatic carbocycles. The van der Waals surface area contributed by atoms with Gasteiger partial charge in [0.25, 0.3) is 0 Å². The Morgan fingerprint density at radius 2 is 2.00 bits per heavy atom. The lowest BCUT2D eigenvalue weighted by Gasteiger charge is -2.22. The van der Waals surface area contributed by atoms with Crippen LogP contribution < -0.4 is 4.74 Å². The van der Waals surface area contributed by atoms with E-state index in [2.05, 4.69) is 4.74 Å². The van der Waals surface area contributed by atoms with Crippen molar-refractivity contribution in [2.75, 3.05) is 14.2 Å². The fourth-order valence-electron chi connectivity index (χ4n) is 1.96. The fourth-order valence-corrected chi connectivity index (χ4v) is 1.96. The Hall–Kier alpha value is -1.58. The van der Waals surface area contributed by atoms with E-state index in [0.29, 0.717) is 11.3 Å². The predicted octanol–water partition coefficient (Wildman–Crippen LogP) is 3.14. The van der Waals surface area contributed by atoms with E-state index in [9.17, 15) is 9.18 Å². The number of carbonyl (C=O) groups excluding carboxylic acids is 1. The second-order valence-corrected chi connectivity index (χ2v) is 4.52. The number of esters is 1. The van der Waals surface area contributed by atoms with Gasteiger partial charge in [-0.25, -0.2) is 4.39 Å². The molecule has 0 aliphatic heterocycles. The summed E-state index contributed by atoms with van der Waals surface area (Å²) in [5, 5.41) is 0. The zero-order valence-electron chi connectivity index (χ0n) is 11.2. The summed E-state index contributed by atoms with van der Waals surface area (Å²) in [6.07, 6.45) is 0.216. The number of rotatable bonds is 5. The van der Waals surface area contributed by atoms with Gasteiger partial charge in [-0.1, -0.05) is 13.8 Å². The van der Waals surface area contributed by atoms with Crippen molar-refractivity contribution in [3.05, 3.63) is 29.6 Å². The third kappa shape index (κ3) is 3.45. The van der Waals surface area contributed by atoms with E-state index in [0.717, 1.165) is 0 Å². The molecule has 100 valence electrons. The molecule has 0 heterocycles. The minimum atomic E-state index is -0.332. The summed E-state index contributed by atoms with van der Waals surface area (Å²) < 4.78 is 23.3. The lowest BCUT2D eigenvalue weighted by molar-refractivity contribution is -0.141. The first-order chi connectivity index (χ1) is 8.49. The molecule has 1 aromatic rings. The van der Waals surface area contributed by atoms with E-state index >= 15 is 0 Å². The molecule has 0 fully saturated rings. The summed E-state index contributed by atoms with van der Waals surface area (Å²) in [5.74, 6) is 0.0169. The van der Waals surface area contributed by atoms with Crippen LogP contribution in [0.15, 0.2) is 18.2 Å². The molecular weight excluding hydrogens is 235 g/mol. The van der Waals surface area contributed by atoms with Crippen LogP contribution in [0.2, 0.25) is 0 Å². The smallest absolute Gasteiger partial charge is 0.306 e. The summed E-state index contributed by atoms with van der Waals surface area (Å²) >= 11 is 0. The van der Waals surface area contributed by atoms with E-state index in [1.165, 1.54) is 26.4 Å². The van der Waals surface area contributed by atoms with Crippen molar-refractivity contribution in [2.45, 2.75) is 26.2 Å². The highest BCUT2D eigenvalue weighted by Crippen LogP contribution is 2.35. The lowest BCUT2D eigenvalue weighted by Crippen LogP contribution is -2.14. The molecular formula is C14H19FO3. The van der Waals surface area contributed by atoms with E-state index in [1.807, 2.05) is 13.8 Å². The maximum absolute atomic E-state index is 13.4. The fraction of sp³-hybridized carbons (Fsp3) is 0.500. The van der Waals surface area contributed by atoms with E-state index < -0.39 is 0 Å². The van der Waals surface area contributed by atoms with Gasteiger partial charge in [0.1, 0.15) is 11.6 Å². The van der Waals surface area contributed by atoms with Crippen molar-refractivity contribution in [1.82, 2.24) is 0 Å². The largest absolute Gasteiger partial charge is 0.496 e. The van der Waals surface area contributed by atoms with Gasteiger partial charge >= 0.3 is 5.97 Å². The van der Waals surface area contributed by atoms with E-state index in [-0.39, 0.29) is 30.0 Å². The normalized spacial score (nSPS) is 12.3. The molecule has 0 aliphatic rings. The summed E-state index contributed by atoms with van der Waals surface area (Å²) in [7, 11) is 2.88. The Balaban J connectivity index is 3.12. The van der Waals surface area contributed by atoms with Crippen molar-refractivity contribution in [3.8, 4) is 5.75 Å². The van der Waals surface area contributed by atoms with Crippen LogP contribution in [0.25, 0.3) is 0 Å². The second kappa shape index (κ2) is 6.38. The van der Waals surface area contributed by atoms with Crippen LogP contribution in [0.3, 0.4) is 0 Å². The molecule has 0 bridgehead atoms. The highest BCUT2D eigenvalue weighted by molar-refractivity contribution is 5.70. The monoisotopic (exact) mass is 254 g/mol. The van der Waals surface area contributed by atoms with Crippen LogP contribution in [-0.4, -0.2) is 20.2 Å². The highest BCUT2D eigenvalue weighted by Gasteiger charge is 2.23. The van der Waals surface area contributed by atoms with Crippen LogP contribution in [0, 0.1) is 11.7 Å². The molecule has 0 radical (unpaired) electrons. The molecule has 0 saturated heterocycles. The van der Waals surface area contributed by atoms with Crippen molar-refractivity contribution >= 4 is 5.97 Å². The third-order valence-electron chi connectivity index (χ3n) is 3.01. The van der Waals surface area contributed by atoms with Gasteiger partial charge in [-0.2, -0.15) is 0 Å². The van der Waals surface area contributed by atoms with Crippen LogP contribution in [0.5, 0.6) is 5.75 Å². The molecule has 0 aromatic heterocycles. The van der Waals surface area contributed by atoms with Crippen LogP contribution >= 0.6 is 0 Å². The maximum Gasteiger partial charge on any atom is 0.306 e. The Labute approximate surface area is 107 Å². The second-order valence-electron chi connectivity index (χ2n) is 4.52. The van der Waals surface area contributed by atoms with Crippen LogP contribution in [0.4, 0.5) is 4.39 Å². The molecule has 0 amide bonds. The van der Waals surface area contributed by atoms with Crippen molar-refractivity contribution in [3.63, 3.8) is 0 Å². The minimum absolute atomic E-state index is 0.122. The average Bonchev–Trinajstić information content (AvgIpc) is 2.35. The quantitative estimate of drug-likeness (QED) is 0.757. The SMILES string of the molecule is COC(=O)CC(c1cc(F)ccc1OC)C(C)C. The van der Waals surface area contributed by atoms with Crippen LogP contribution in [-0.2, 0) is 9.53 Å². The van der Waals surface area contributed by atoms with Gasteiger partial charge < -0.3 is 9.47 Å². The number of methoxy groups -OCH3 is 2. The molecule has 0 aliphatic carbocycles. The van der Waals surface area contributed by atoms with Gasteiger partial charge in [-0.05, 0) is 24.1 Å². The number of ether oxygens (including phenoxy) is 2. The Morgan fingerprint density at radius 3 is 2.50 bits per heavy atom. The van der Waals surface area contributed by atoms with Gasteiger partial charge in [0, 0.05) is 11.5 Å². The van der Waals surface area contributed by atoms with Gasteiger partial charge in [-0.15, -0.1) is 0 Å². The van der Waals surface area contributed by atoms with E-state index in [1.54, 1.807) is 6.07 Å². The van der Waals surface area contributed by atoms with Crippen LogP contribution in [0.1, 0.15) is 31.7 Å². The number of hydrogen-bond donors (Lipinski definition) is 0. The molecule has 1 atom stereocenters. The Kier molecular flexibility index (Phi) is 5.13. The summed E-state index contributed by atoms with van der Waals surface area (Å²) in [5.41, 5.74) is 0.706. The van der Waals surface area contributed by atoms with Gasteiger partial charge in [0.2, 0.25) is 0 Å². The first-order valence-corrected chi connectivity index (χ1v) is 5.89. The molecule has 1 unspecified atom stereocenters. The zero-order valence-corrected chi connectivity index (χ0v) is 11.2. The molecule has 0 spiro atoms. The molecule has 3 nitrogen and oxygen atoms in total. The van der Waals surface area contributed by atoms with Gasteiger partial charge in [0.05, 0.1) is 20.6 Å². The zero-order chi connectivity index (χ0) is 13.7. The van der Waals surface area contributed by atoms with E-state index in [4.69, 9.17) is 4.74 Å². The highest BCUT2D eigenvalue weighted by atomic mass is 19.1. The molecule has 4 heteroatoms. The van der Waals surface area contributed by atoms with Crippen molar-refractivity contribution < 1.29 is 18.7 Å². The number of hydrogen-bond acceptors (Lipinski definition) is 3. The average molecular weight is 254 g/mol. The van der Waals surface area contributed by atoms with Gasteiger partial charge in [-0.3, -0.25) is 4.79 Å². The molecule has 18 heavy (non-hydrogen) atoms. The van der Waals surface area contributed by atoms with Crippen molar-refractivity contribution in [1.29, 1.82) is 0 Å². The van der Waals surface area contributed by atoms with Gasteiger partial charge in [0.15, 0.2) is 0 Å². The molecule has 0 N–H and O–H groups in total. The lowest BCUT2D eigenvalue weighted by atomic mass is 9.85. The van der Waals surface area contributed by atoms with Crippen molar-refractivity contribution in [2.24, 2.45) is 5.92 Å². The first kappa shape index (κ1) is 14.5. The summed E-state index contributed by atoms with van der Waals surface area (Å²) in [4.78, 5) is 11.4. The summed E-state index contributed by atoms with van der Waals surface area (Å²) in [6, 6.07) is 4.35. The predicted molar refractivity (Wildman–Crippen MR) is 67.2 cm³/mol. The third-order valence-corrected chi connectivity index (χ3v) is 3.01. The Bertz CT molecular complexity index is 416. The molecule has 0 saturated carbocycles. The topological polar surface area (TPSA) is 35.5 Å². The number of benzene rings is 1. The standard InChI is InChI=1S/C14H19FO3/c1-9(2)11(8-14(16)18-4)12-7-10(15)5-6-13(12)17-3/h5-7,9,11H,8H2,1-4H3. The first-order valence-electron chi connectivity index (χ1n) is 5.89. The minimum Gasteiger partial charge on any atom is -0.496 e. The summed E-state index contributed by atoms with van der Waals surface area (Å²) in [6.45, 7) is 3.97. The number of halogens is 1. The maximum atomic E-state index is 13.4. The molecule has 1 rings (SSSR count). The Morgan fingerprint density at radius 1 is 1.33 bits per heavy atom. The number of carbonyl (C=O) groups is 1.